The first-order valence-corrected chi connectivity index (χ1v) is 26.5. The molecule has 0 aromatic carbocycles. The number of amides is 4. The number of nitrogens with two attached hydrogens (primary N) is 2. The predicted octanol–water partition coefficient (Wildman–Crippen LogP) is 8.57. The van der Waals surface area contributed by atoms with Gasteiger partial charge < -0.3 is 42.0 Å². The summed E-state index contributed by atoms with van der Waals surface area (Å²) in [6.07, 6.45) is 34.3. The molecule has 0 heterocycles. The Hall–Kier alpha value is -2.91. The molecule has 14 nitrogen and oxygen atoms in total. The Morgan fingerprint density at radius 1 is 0.562 bits per heavy atom. The maximum absolute atomic E-state index is 12.9. The van der Waals surface area contributed by atoms with E-state index < -0.39 is 41.8 Å². The number of carbonyl (C=O) groups is 6. The summed E-state index contributed by atoms with van der Waals surface area (Å²) in [6.45, 7) is 3.84. The second kappa shape index (κ2) is 45.3. The van der Waals surface area contributed by atoms with Crippen LogP contribution in [0, 0.1) is 0 Å². The van der Waals surface area contributed by atoms with Crippen LogP contribution >= 0.6 is 11.8 Å². The predicted molar refractivity (Wildman–Crippen MR) is 259 cm³/mol. The molecule has 0 aliphatic carbocycles. The van der Waals surface area contributed by atoms with E-state index in [9.17, 15) is 33.9 Å². The summed E-state index contributed by atoms with van der Waals surface area (Å²) in [5.74, 6) is -2.43. The van der Waals surface area contributed by atoms with Gasteiger partial charge in [-0.05, 0) is 37.9 Å². The molecule has 8 N–H and O–H groups in total. The van der Waals surface area contributed by atoms with E-state index in [0.29, 0.717) is 31.4 Å². The molecule has 15 heteroatoms. The van der Waals surface area contributed by atoms with Crippen LogP contribution in [0.4, 0.5) is 0 Å². The molecule has 0 radical (unpaired) electrons. The summed E-state index contributed by atoms with van der Waals surface area (Å²) < 4.78 is 11.3. The molecule has 374 valence electrons. The van der Waals surface area contributed by atoms with Crippen molar-refractivity contribution in [1.82, 2.24) is 16.0 Å². The molecule has 0 saturated heterocycles. The van der Waals surface area contributed by atoms with Crippen LogP contribution in [0.25, 0.3) is 0 Å². The van der Waals surface area contributed by atoms with Gasteiger partial charge in [0, 0.05) is 25.8 Å². The molecule has 0 fully saturated rings. The Bertz CT molecular complexity index is 1200. The molecule has 64 heavy (non-hydrogen) atoms. The number of esters is 2. The van der Waals surface area contributed by atoms with Crippen LogP contribution in [-0.4, -0.2) is 90.2 Å². The molecule has 0 rings (SSSR count). The molecule has 0 spiro atoms. The quantitative estimate of drug-likeness (QED) is 0.0192. The molecule has 3 unspecified atom stereocenters. The summed E-state index contributed by atoms with van der Waals surface area (Å²) in [5, 5.41) is 17.4. The lowest BCUT2D eigenvalue weighted by molar-refractivity contribution is -0.154. The summed E-state index contributed by atoms with van der Waals surface area (Å²) in [4.78, 5) is 73.5. The number of nitrogens with one attached hydrogen (secondary N) is 3. The van der Waals surface area contributed by atoms with Crippen LogP contribution in [0.15, 0.2) is 0 Å². The largest absolute Gasteiger partial charge is 0.461 e. The highest BCUT2D eigenvalue weighted by molar-refractivity contribution is 7.99. The van der Waals surface area contributed by atoms with E-state index in [1.807, 2.05) is 0 Å². The summed E-state index contributed by atoms with van der Waals surface area (Å²) in [5.41, 5.74) is 10.4. The van der Waals surface area contributed by atoms with Gasteiger partial charge in [-0.1, -0.05) is 174 Å². The maximum Gasteiger partial charge on any atom is 0.307 e. The van der Waals surface area contributed by atoms with Gasteiger partial charge in [0.05, 0.1) is 19.2 Å². The monoisotopic (exact) mass is 928 g/mol. The average Bonchev–Trinajstić information content (AvgIpc) is 3.27. The zero-order chi connectivity index (χ0) is 47.3. The fraction of sp³-hybridized carbons (Fsp3) is 0.878. The Morgan fingerprint density at radius 2 is 1.00 bits per heavy atom. The molecule has 4 amide bonds. The van der Waals surface area contributed by atoms with E-state index in [1.54, 1.807) is 0 Å². The maximum atomic E-state index is 12.9. The Labute approximate surface area is 392 Å². The molecular formula is C49H93N5O9S. The van der Waals surface area contributed by atoms with E-state index in [1.165, 1.54) is 140 Å². The van der Waals surface area contributed by atoms with E-state index in [2.05, 4.69) is 29.8 Å². The number of thioether (sulfide) groups is 1. The highest BCUT2D eigenvalue weighted by Crippen LogP contribution is 2.19. The van der Waals surface area contributed by atoms with Gasteiger partial charge in [-0.15, -0.1) is 11.8 Å². The van der Waals surface area contributed by atoms with Gasteiger partial charge in [-0.2, -0.15) is 0 Å². The third-order valence-corrected chi connectivity index (χ3v) is 12.4. The minimum atomic E-state index is -1.20. The summed E-state index contributed by atoms with van der Waals surface area (Å²) in [7, 11) is 0. The topological polar surface area (TPSA) is 229 Å². The van der Waals surface area contributed by atoms with Crippen molar-refractivity contribution in [3.8, 4) is 0 Å². The Kier molecular flexibility index (Phi) is 43.2. The highest BCUT2D eigenvalue weighted by Gasteiger charge is 2.24. The Balaban J connectivity index is 4.71. The molecule has 0 aliphatic rings. The SMILES string of the molecule is CCCCCCCCCCCCCCCC(=O)OCC(OC(=O)CCCCCCCCCCCCCCC)SCCC(N)C(=O)NC(CO)C(=O)NCCCCCC(=O)NCC(N)=O. The molecule has 0 aliphatic heterocycles. The second-order valence-electron chi connectivity index (χ2n) is 17.4. The van der Waals surface area contributed by atoms with Crippen LogP contribution < -0.4 is 27.4 Å². The molecule has 0 aromatic heterocycles. The molecule has 0 aromatic rings. The van der Waals surface area contributed by atoms with Gasteiger partial charge in [0.1, 0.15) is 12.6 Å². The van der Waals surface area contributed by atoms with Crippen LogP contribution in [0.1, 0.15) is 226 Å². The standard InChI is InChI=1S/C49H93N5O9S/c1-3-5-7-9-11-13-15-17-19-21-23-25-29-33-45(58)62-40-47(63-46(59)34-30-26-24-22-20-18-16-14-12-10-8-6-4-2)64-37-35-41(50)48(60)54-42(39-55)49(61)52-36-31-27-28-32-44(57)53-38-43(51)56/h41-42,47,55H,3-40,50H2,1-2H3,(H2,51,56)(H,52,61)(H,53,57)(H,54,60). The molecule has 0 saturated carbocycles. The number of carbonyl (C=O) groups excluding carboxylic acids is 6. The van der Waals surface area contributed by atoms with Crippen molar-refractivity contribution in [3.63, 3.8) is 0 Å². The third kappa shape index (κ3) is 40.6. The number of ether oxygens (including phenoxy) is 2. The van der Waals surface area contributed by atoms with Gasteiger partial charge in [0.2, 0.25) is 23.6 Å². The van der Waals surface area contributed by atoms with Crippen molar-refractivity contribution in [2.24, 2.45) is 11.5 Å². The van der Waals surface area contributed by atoms with Gasteiger partial charge in [0.15, 0.2) is 5.44 Å². The van der Waals surface area contributed by atoms with Crippen LogP contribution in [0.3, 0.4) is 0 Å². The van der Waals surface area contributed by atoms with Crippen molar-refractivity contribution in [2.75, 3.05) is 32.1 Å². The van der Waals surface area contributed by atoms with Crippen LogP contribution in [-0.2, 0) is 38.2 Å². The average molecular weight is 928 g/mol. The minimum absolute atomic E-state index is 0.0943. The van der Waals surface area contributed by atoms with Crippen molar-refractivity contribution in [3.05, 3.63) is 0 Å². The third-order valence-electron chi connectivity index (χ3n) is 11.3. The number of aliphatic hydroxyl groups excluding tert-OH is 1. The van der Waals surface area contributed by atoms with Crippen molar-refractivity contribution >= 4 is 47.3 Å². The fourth-order valence-corrected chi connectivity index (χ4v) is 8.25. The lowest BCUT2D eigenvalue weighted by Gasteiger charge is -2.20. The first-order valence-electron chi connectivity index (χ1n) is 25.5. The first-order chi connectivity index (χ1) is 31.0. The van der Waals surface area contributed by atoms with Gasteiger partial charge in [-0.25, -0.2) is 0 Å². The van der Waals surface area contributed by atoms with Crippen molar-refractivity contribution in [1.29, 1.82) is 0 Å². The normalized spacial score (nSPS) is 12.6. The smallest absolute Gasteiger partial charge is 0.307 e. The summed E-state index contributed by atoms with van der Waals surface area (Å²) >= 11 is 1.25. The number of hydrogen-bond acceptors (Lipinski definition) is 11. The number of rotatable bonds is 47. The Morgan fingerprint density at radius 3 is 1.47 bits per heavy atom. The number of aliphatic hydroxyl groups is 1. The molecular weight excluding hydrogens is 835 g/mol. The zero-order valence-corrected chi connectivity index (χ0v) is 41.2. The number of primary amides is 1. The minimum Gasteiger partial charge on any atom is -0.461 e. The number of unbranched alkanes of at least 4 members (excludes halogenated alkanes) is 26. The van der Waals surface area contributed by atoms with E-state index >= 15 is 0 Å². The molecule has 3 atom stereocenters. The zero-order valence-electron chi connectivity index (χ0n) is 40.4. The van der Waals surface area contributed by atoms with E-state index in [0.717, 1.165) is 38.5 Å². The van der Waals surface area contributed by atoms with E-state index in [4.69, 9.17) is 20.9 Å². The van der Waals surface area contributed by atoms with Gasteiger partial charge >= 0.3 is 11.9 Å². The van der Waals surface area contributed by atoms with Gasteiger partial charge in [-0.3, -0.25) is 28.8 Å². The van der Waals surface area contributed by atoms with Gasteiger partial charge in [0.25, 0.3) is 0 Å². The molecule has 0 bridgehead atoms. The fourth-order valence-electron chi connectivity index (χ4n) is 7.26. The first kappa shape index (κ1) is 61.1. The highest BCUT2D eigenvalue weighted by atomic mass is 32.2. The second-order valence-corrected chi connectivity index (χ2v) is 18.7. The number of hydrogen-bond donors (Lipinski definition) is 6. The summed E-state index contributed by atoms with van der Waals surface area (Å²) in [6, 6.07) is -2.20. The van der Waals surface area contributed by atoms with E-state index in [-0.39, 0.29) is 56.8 Å². The van der Waals surface area contributed by atoms with Crippen molar-refractivity contribution < 1.29 is 43.3 Å². The van der Waals surface area contributed by atoms with Crippen LogP contribution in [0.2, 0.25) is 0 Å². The van der Waals surface area contributed by atoms with Crippen LogP contribution in [0.5, 0.6) is 0 Å². The lowest BCUT2D eigenvalue weighted by atomic mass is 10.0. The van der Waals surface area contributed by atoms with Crippen molar-refractivity contribution in [2.45, 2.75) is 243 Å². The lowest BCUT2D eigenvalue weighted by Crippen LogP contribution is -2.53.